The van der Waals surface area contributed by atoms with Crippen LogP contribution in [0.15, 0.2) is 5.16 Å². The smallest absolute Gasteiger partial charge is 0.208 e. The van der Waals surface area contributed by atoms with Crippen LogP contribution in [0.25, 0.3) is 0 Å². The van der Waals surface area contributed by atoms with Gasteiger partial charge in [-0.05, 0) is 20.8 Å². The van der Waals surface area contributed by atoms with Gasteiger partial charge in [0.1, 0.15) is 5.82 Å². The Morgan fingerprint density at radius 1 is 1.58 bits per heavy atom. The maximum atomic E-state index is 9.40. The number of rotatable bonds is 3. The van der Waals surface area contributed by atoms with E-state index in [1.54, 1.807) is 13.8 Å². The SMILES string of the molecule is Cc1nc(SCC(C)(C)O)n[nH]1. The van der Waals surface area contributed by atoms with Crippen molar-refractivity contribution >= 4 is 11.8 Å². The Kier molecular flexibility index (Phi) is 2.74. The number of thioether (sulfide) groups is 1. The Morgan fingerprint density at radius 2 is 2.25 bits per heavy atom. The summed E-state index contributed by atoms with van der Waals surface area (Å²) in [4.78, 5) is 4.10. The van der Waals surface area contributed by atoms with Crippen LogP contribution in [0.3, 0.4) is 0 Å². The number of H-pyrrole nitrogens is 1. The fourth-order valence-electron chi connectivity index (χ4n) is 0.628. The summed E-state index contributed by atoms with van der Waals surface area (Å²) in [5.41, 5.74) is -0.667. The van der Waals surface area contributed by atoms with Crippen molar-refractivity contribution in [2.24, 2.45) is 0 Å². The molecule has 68 valence electrons. The summed E-state index contributed by atoms with van der Waals surface area (Å²) in [6.45, 7) is 5.38. The summed E-state index contributed by atoms with van der Waals surface area (Å²) in [6.07, 6.45) is 0. The van der Waals surface area contributed by atoms with Crippen molar-refractivity contribution in [3.05, 3.63) is 5.82 Å². The molecule has 0 bridgehead atoms. The van der Waals surface area contributed by atoms with E-state index < -0.39 is 5.60 Å². The number of aliphatic hydroxyl groups is 1. The summed E-state index contributed by atoms with van der Waals surface area (Å²) >= 11 is 1.44. The molecular formula is C7H13N3OS. The van der Waals surface area contributed by atoms with Crippen molar-refractivity contribution in [2.75, 3.05) is 5.75 Å². The molecule has 0 aliphatic rings. The predicted molar refractivity (Wildman–Crippen MR) is 48.1 cm³/mol. The molecule has 0 saturated carbocycles. The highest BCUT2D eigenvalue weighted by Crippen LogP contribution is 2.18. The fraction of sp³-hybridized carbons (Fsp3) is 0.714. The first-order chi connectivity index (χ1) is 5.47. The molecule has 0 radical (unpaired) electrons. The normalized spacial score (nSPS) is 12.0. The van der Waals surface area contributed by atoms with Crippen LogP contribution in [0, 0.1) is 6.92 Å². The van der Waals surface area contributed by atoms with Crippen LogP contribution in [-0.2, 0) is 0 Å². The van der Waals surface area contributed by atoms with Gasteiger partial charge >= 0.3 is 0 Å². The molecule has 1 aromatic rings. The zero-order chi connectivity index (χ0) is 9.19. The summed E-state index contributed by atoms with van der Waals surface area (Å²) in [7, 11) is 0. The van der Waals surface area contributed by atoms with Gasteiger partial charge in [0.15, 0.2) is 0 Å². The molecule has 2 N–H and O–H groups in total. The first-order valence-corrected chi connectivity index (χ1v) is 4.70. The average Bonchev–Trinajstić information content (AvgIpc) is 2.30. The highest BCUT2D eigenvalue weighted by atomic mass is 32.2. The molecule has 0 saturated heterocycles. The van der Waals surface area contributed by atoms with E-state index in [1.807, 2.05) is 6.92 Å². The van der Waals surface area contributed by atoms with Crippen molar-refractivity contribution < 1.29 is 5.11 Å². The number of hydrogen-bond acceptors (Lipinski definition) is 4. The standard InChI is InChI=1S/C7H13N3OS/c1-5-8-6(10-9-5)12-4-7(2,3)11/h11H,4H2,1-3H3,(H,8,9,10). The van der Waals surface area contributed by atoms with Gasteiger partial charge in [-0.1, -0.05) is 11.8 Å². The molecule has 0 amide bonds. The maximum Gasteiger partial charge on any atom is 0.208 e. The molecule has 0 spiro atoms. The number of nitrogens with one attached hydrogen (secondary N) is 1. The second-order valence-electron chi connectivity index (χ2n) is 3.30. The van der Waals surface area contributed by atoms with Crippen LogP contribution < -0.4 is 0 Å². The van der Waals surface area contributed by atoms with Gasteiger partial charge in [0.2, 0.25) is 5.16 Å². The second kappa shape index (κ2) is 3.45. The van der Waals surface area contributed by atoms with E-state index in [0.29, 0.717) is 10.9 Å². The molecule has 12 heavy (non-hydrogen) atoms. The van der Waals surface area contributed by atoms with Crippen molar-refractivity contribution in [1.29, 1.82) is 0 Å². The maximum absolute atomic E-state index is 9.40. The van der Waals surface area contributed by atoms with E-state index in [2.05, 4.69) is 15.2 Å². The summed E-state index contributed by atoms with van der Waals surface area (Å²) in [6, 6.07) is 0. The summed E-state index contributed by atoms with van der Waals surface area (Å²) in [5.74, 6) is 1.40. The third-order valence-electron chi connectivity index (χ3n) is 1.13. The number of aromatic amines is 1. The molecule has 0 fully saturated rings. The molecule has 1 aromatic heterocycles. The minimum Gasteiger partial charge on any atom is -0.390 e. The first-order valence-electron chi connectivity index (χ1n) is 3.71. The van der Waals surface area contributed by atoms with Gasteiger partial charge in [-0.3, -0.25) is 5.10 Å². The van der Waals surface area contributed by atoms with Gasteiger partial charge in [-0.2, -0.15) is 0 Å². The van der Waals surface area contributed by atoms with Crippen LogP contribution in [-0.4, -0.2) is 31.6 Å². The van der Waals surface area contributed by atoms with E-state index in [0.717, 1.165) is 5.82 Å². The Morgan fingerprint density at radius 3 is 2.67 bits per heavy atom. The minimum absolute atomic E-state index is 0.601. The lowest BCUT2D eigenvalue weighted by Gasteiger charge is -2.14. The van der Waals surface area contributed by atoms with Gasteiger partial charge in [0.05, 0.1) is 5.60 Å². The zero-order valence-corrected chi connectivity index (χ0v) is 8.27. The van der Waals surface area contributed by atoms with E-state index in [4.69, 9.17) is 0 Å². The molecule has 0 aromatic carbocycles. The number of aromatic nitrogens is 3. The lowest BCUT2D eigenvalue weighted by atomic mass is 10.2. The molecule has 1 rings (SSSR count). The average molecular weight is 187 g/mol. The van der Waals surface area contributed by atoms with E-state index in [9.17, 15) is 5.11 Å². The van der Waals surface area contributed by atoms with E-state index in [-0.39, 0.29) is 0 Å². The van der Waals surface area contributed by atoms with E-state index in [1.165, 1.54) is 11.8 Å². The van der Waals surface area contributed by atoms with Gasteiger partial charge < -0.3 is 5.11 Å². The highest BCUT2D eigenvalue weighted by Gasteiger charge is 2.14. The summed E-state index contributed by atoms with van der Waals surface area (Å²) in [5, 5.41) is 16.8. The number of nitrogens with zero attached hydrogens (tertiary/aromatic N) is 2. The third-order valence-corrected chi connectivity index (χ3v) is 2.42. The van der Waals surface area contributed by atoms with Crippen LogP contribution in [0.1, 0.15) is 19.7 Å². The van der Waals surface area contributed by atoms with Gasteiger partial charge in [-0.25, -0.2) is 4.98 Å². The van der Waals surface area contributed by atoms with Crippen molar-refractivity contribution in [2.45, 2.75) is 31.5 Å². The zero-order valence-electron chi connectivity index (χ0n) is 7.46. The molecule has 0 aliphatic heterocycles. The van der Waals surface area contributed by atoms with Crippen LogP contribution in [0.2, 0.25) is 0 Å². The lowest BCUT2D eigenvalue weighted by molar-refractivity contribution is 0.107. The first kappa shape index (κ1) is 9.54. The van der Waals surface area contributed by atoms with Gasteiger partial charge in [0.25, 0.3) is 0 Å². The van der Waals surface area contributed by atoms with Crippen molar-refractivity contribution in [3.8, 4) is 0 Å². The molecule has 4 nitrogen and oxygen atoms in total. The van der Waals surface area contributed by atoms with Crippen molar-refractivity contribution in [1.82, 2.24) is 15.2 Å². The largest absolute Gasteiger partial charge is 0.390 e. The molecular weight excluding hydrogens is 174 g/mol. The topological polar surface area (TPSA) is 61.8 Å². The predicted octanol–water partition coefficient (Wildman–Crippen LogP) is 0.976. The number of aryl methyl sites for hydroxylation is 1. The Labute approximate surface area is 75.8 Å². The van der Waals surface area contributed by atoms with E-state index >= 15 is 0 Å². The number of hydrogen-bond donors (Lipinski definition) is 2. The molecule has 0 aliphatic carbocycles. The van der Waals surface area contributed by atoms with Gasteiger partial charge in [-0.15, -0.1) is 5.10 Å². The third kappa shape index (κ3) is 3.23. The molecule has 1 heterocycles. The lowest BCUT2D eigenvalue weighted by Crippen LogP contribution is -2.21. The Balaban J connectivity index is 2.44. The fourth-order valence-corrected chi connectivity index (χ4v) is 1.42. The van der Waals surface area contributed by atoms with Crippen molar-refractivity contribution in [3.63, 3.8) is 0 Å². The molecule has 5 heteroatoms. The monoisotopic (exact) mass is 187 g/mol. The minimum atomic E-state index is -0.667. The van der Waals surface area contributed by atoms with Gasteiger partial charge in [0, 0.05) is 5.75 Å². The van der Waals surface area contributed by atoms with Crippen LogP contribution >= 0.6 is 11.8 Å². The molecule has 0 unspecified atom stereocenters. The second-order valence-corrected chi connectivity index (χ2v) is 4.25. The summed E-state index contributed by atoms with van der Waals surface area (Å²) < 4.78 is 0. The Bertz CT molecular complexity index is 253. The molecule has 0 atom stereocenters. The van der Waals surface area contributed by atoms with Crippen LogP contribution in [0.5, 0.6) is 0 Å². The quantitative estimate of drug-likeness (QED) is 0.692. The highest BCUT2D eigenvalue weighted by molar-refractivity contribution is 7.99. The Hall–Kier alpha value is -0.550. The van der Waals surface area contributed by atoms with Crippen LogP contribution in [0.4, 0.5) is 0 Å².